The second-order valence-corrected chi connectivity index (χ2v) is 11.6. The number of rotatable bonds is 8. The number of ether oxygens (including phenoxy) is 3. The highest BCUT2D eigenvalue weighted by Crippen LogP contribution is 2.44. The molecule has 8 nitrogen and oxygen atoms in total. The average molecular weight is 746 g/mol. The van der Waals surface area contributed by atoms with E-state index in [0.29, 0.717) is 63.6 Å². The molecule has 0 fully saturated rings. The number of nitrogens with one attached hydrogen (secondary N) is 2. The van der Waals surface area contributed by atoms with Crippen LogP contribution in [0, 0.1) is 0 Å². The SMILES string of the molecule is COc1ccc(OC)c2c(-c3ccccc3Cl)c(C(=O)NN=Cc3cc(Br)cc(Br)c3OC(=O)c3ccc(Cl)cc3)[nH]c12. The lowest BCUT2D eigenvalue weighted by Crippen LogP contribution is -2.19. The largest absolute Gasteiger partial charge is 0.496 e. The Balaban J connectivity index is 1.51. The lowest BCUT2D eigenvalue weighted by molar-refractivity contribution is 0.0733. The first-order valence-corrected chi connectivity index (χ1v) is 14.9. The molecule has 12 heteroatoms. The van der Waals surface area contributed by atoms with Crippen LogP contribution in [0.2, 0.25) is 10.0 Å². The van der Waals surface area contributed by atoms with Crippen molar-refractivity contribution < 1.29 is 23.8 Å². The van der Waals surface area contributed by atoms with Gasteiger partial charge < -0.3 is 19.2 Å². The van der Waals surface area contributed by atoms with Crippen LogP contribution in [0.1, 0.15) is 26.4 Å². The second kappa shape index (κ2) is 13.2. The number of nitrogens with zero attached hydrogens (tertiary/aromatic N) is 1. The molecule has 1 aromatic heterocycles. The van der Waals surface area contributed by atoms with Crippen LogP contribution in [0.3, 0.4) is 0 Å². The van der Waals surface area contributed by atoms with Crippen molar-refractivity contribution >= 4 is 84.1 Å². The number of H-pyrrole nitrogens is 1. The Hall–Kier alpha value is -3.83. The van der Waals surface area contributed by atoms with E-state index in [9.17, 15) is 9.59 Å². The number of amides is 1. The molecule has 4 aromatic carbocycles. The summed E-state index contributed by atoms with van der Waals surface area (Å²) in [5.41, 5.74) is 5.16. The lowest BCUT2D eigenvalue weighted by Gasteiger charge is -2.11. The van der Waals surface area contributed by atoms with Crippen molar-refractivity contribution in [3.8, 4) is 28.4 Å². The van der Waals surface area contributed by atoms with Gasteiger partial charge in [0, 0.05) is 31.2 Å². The number of esters is 1. The van der Waals surface area contributed by atoms with Gasteiger partial charge in [-0.15, -0.1) is 0 Å². The highest BCUT2D eigenvalue weighted by atomic mass is 79.9. The van der Waals surface area contributed by atoms with Crippen molar-refractivity contribution in [3.63, 3.8) is 0 Å². The molecule has 1 amide bonds. The monoisotopic (exact) mass is 743 g/mol. The van der Waals surface area contributed by atoms with Gasteiger partial charge in [-0.3, -0.25) is 4.79 Å². The van der Waals surface area contributed by atoms with E-state index in [1.807, 2.05) is 12.1 Å². The van der Waals surface area contributed by atoms with Gasteiger partial charge in [0.15, 0.2) is 5.75 Å². The molecular formula is C31H21Br2Cl2N3O5. The lowest BCUT2D eigenvalue weighted by atomic mass is 10.0. The quantitative estimate of drug-likeness (QED) is 0.0717. The molecular weight excluding hydrogens is 725 g/mol. The summed E-state index contributed by atoms with van der Waals surface area (Å²) < 4.78 is 18.0. The topological polar surface area (TPSA) is 102 Å². The summed E-state index contributed by atoms with van der Waals surface area (Å²) in [7, 11) is 3.08. The minimum atomic E-state index is -0.594. The van der Waals surface area contributed by atoms with Gasteiger partial charge >= 0.3 is 5.97 Å². The van der Waals surface area contributed by atoms with Crippen LogP contribution in [0.5, 0.6) is 17.2 Å². The van der Waals surface area contributed by atoms with E-state index >= 15 is 0 Å². The summed E-state index contributed by atoms with van der Waals surface area (Å²) in [6.07, 6.45) is 1.37. The highest BCUT2D eigenvalue weighted by molar-refractivity contribution is 9.11. The van der Waals surface area contributed by atoms with Gasteiger partial charge in [0.05, 0.1) is 41.4 Å². The molecule has 218 valence electrons. The summed E-state index contributed by atoms with van der Waals surface area (Å²) in [6, 6.07) is 20.4. The number of fused-ring (bicyclic) bond motifs is 1. The van der Waals surface area contributed by atoms with Crippen molar-refractivity contribution in [3.05, 3.63) is 109 Å². The Morgan fingerprint density at radius 3 is 2.33 bits per heavy atom. The molecule has 0 unspecified atom stereocenters. The Labute approximate surface area is 273 Å². The van der Waals surface area contributed by atoms with Gasteiger partial charge in [0.2, 0.25) is 0 Å². The van der Waals surface area contributed by atoms with E-state index < -0.39 is 11.9 Å². The van der Waals surface area contributed by atoms with Gasteiger partial charge in [-0.2, -0.15) is 5.10 Å². The molecule has 0 spiro atoms. The molecule has 0 aliphatic carbocycles. The number of aromatic nitrogens is 1. The smallest absolute Gasteiger partial charge is 0.343 e. The molecule has 0 bridgehead atoms. The molecule has 43 heavy (non-hydrogen) atoms. The predicted molar refractivity (Wildman–Crippen MR) is 175 cm³/mol. The van der Waals surface area contributed by atoms with Crippen molar-refractivity contribution in [1.82, 2.24) is 10.4 Å². The van der Waals surface area contributed by atoms with Crippen molar-refractivity contribution in [1.29, 1.82) is 0 Å². The number of carbonyl (C=O) groups excluding carboxylic acids is 2. The fourth-order valence-electron chi connectivity index (χ4n) is 4.43. The fraction of sp³-hybridized carbons (Fsp3) is 0.0645. The number of carbonyl (C=O) groups is 2. The van der Waals surface area contributed by atoms with E-state index in [0.717, 1.165) is 0 Å². The average Bonchev–Trinajstić information content (AvgIpc) is 3.39. The zero-order valence-corrected chi connectivity index (χ0v) is 27.2. The minimum absolute atomic E-state index is 0.188. The molecule has 2 N–H and O–H groups in total. The number of hydrogen-bond acceptors (Lipinski definition) is 6. The van der Waals surface area contributed by atoms with Gasteiger partial charge in [0.25, 0.3) is 5.91 Å². The first-order valence-electron chi connectivity index (χ1n) is 12.5. The van der Waals surface area contributed by atoms with Gasteiger partial charge in [-0.1, -0.05) is 57.3 Å². The highest BCUT2D eigenvalue weighted by Gasteiger charge is 2.25. The number of halogens is 4. The first-order chi connectivity index (χ1) is 20.7. The normalized spacial score (nSPS) is 11.1. The zero-order chi connectivity index (χ0) is 30.7. The van der Waals surface area contributed by atoms with Crippen molar-refractivity contribution in [2.45, 2.75) is 0 Å². The maximum atomic E-state index is 13.6. The summed E-state index contributed by atoms with van der Waals surface area (Å²) in [5, 5.41) is 5.73. The Morgan fingerprint density at radius 1 is 0.930 bits per heavy atom. The number of aromatic amines is 1. The van der Waals surface area contributed by atoms with E-state index in [1.54, 1.807) is 67.8 Å². The maximum absolute atomic E-state index is 13.6. The molecule has 0 aliphatic heterocycles. The van der Waals surface area contributed by atoms with Gasteiger partial charge in [-0.05, 0) is 70.5 Å². The van der Waals surface area contributed by atoms with Crippen LogP contribution in [-0.4, -0.2) is 37.3 Å². The van der Waals surface area contributed by atoms with Crippen LogP contribution in [-0.2, 0) is 0 Å². The van der Waals surface area contributed by atoms with Gasteiger partial charge in [0.1, 0.15) is 17.2 Å². The molecule has 1 heterocycles. The molecule has 0 aliphatic rings. The Bertz CT molecular complexity index is 1890. The molecule has 5 rings (SSSR count). The van der Waals surface area contributed by atoms with E-state index in [2.05, 4.69) is 47.4 Å². The summed E-state index contributed by atoms with van der Waals surface area (Å²) >= 11 is 19.4. The van der Waals surface area contributed by atoms with Crippen LogP contribution >= 0.6 is 55.1 Å². The number of benzene rings is 4. The Morgan fingerprint density at radius 2 is 1.63 bits per heavy atom. The number of hydrogen-bond donors (Lipinski definition) is 2. The third kappa shape index (κ3) is 6.42. The fourth-order valence-corrected chi connectivity index (χ4v) is 6.13. The van der Waals surface area contributed by atoms with Crippen molar-refractivity contribution in [2.75, 3.05) is 14.2 Å². The number of methoxy groups -OCH3 is 2. The molecule has 0 saturated carbocycles. The molecule has 0 atom stereocenters. The minimum Gasteiger partial charge on any atom is -0.496 e. The summed E-state index contributed by atoms with van der Waals surface area (Å²) in [5.74, 6) is 0.0930. The van der Waals surface area contributed by atoms with Crippen molar-refractivity contribution in [2.24, 2.45) is 5.10 Å². The zero-order valence-electron chi connectivity index (χ0n) is 22.5. The predicted octanol–water partition coefficient (Wildman–Crippen LogP) is 8.67. The van der Waals surface area contributed by atoms with Crippen LogP contribution < -0.4 is 19.6 Å². The van der Waals surface area contributed by atoms with E-state index in [-0.39, 0.29) is 11.4 Å². The molecule has 5 aromatic rings. The summed E-state index contributed by atoms with van der Waals surface area (Å²) in [6.45, 7) is 0. The van der Waals surface area contributed by atoms with Crippen LogP contribution in [0.15, 0.2) is 86.8 Å². The third-order valence-electron chi connectivity index (χ3n) is 6.37. The Kier molecular flexibility index (Phi) is 9.41. The summed E-state index contributed by atoms with van der Waals surface area (Å²) in [4.78, 5) is 29.6. The molecule has 0 radical (unpaired) electrons. The van der Waals surface area contributed by atoms with Crippen LogP contribution in [0.25, 0.3) is 22.0 Å². The second-order valence-electron chi connectivity index (χ2n) is 8.98. The third-order valence-corrected chi connectivity index (χ3v) is 8.00. The maximum Gasteiger partial charge on any atom is 0.343 e. The van der Waals surface area contributed by atoms with Gasteiger partial charge in [-0.25, -0.2) is 10.2 Å². The first kappa shape index (κ1) is 30.6. The van der Waals surface area contributed by atoms with E-state index in [4.69, 9.17) is 37.4 Å². The standard InChI is InChI=1S/C31H21Br2Cl2N3O5/c1-41-23-11-12-24(42-2)27-26(23)25(20-5-3-4-6-22(20)35)28(37-27)30(39)38-36-15-17-13-18(32)14-21(33)29(17)43-31(40)16-7-9-19(34)10-8-16/h3-15,37H,1-2H3,(H,38,39). The van der Waals surface area contributed by atoms with Crippen LogP contribution in [0.4, 0.5) is 0 Å². The molecule has 0 saturated heterocycles. The number of hydrazone groups is 1. The van der Waals surface area contributed by atoms with E-state index in [1.165, 1.54) is 13.3 Å².